The second-order valence-electron chi connectivity index (χ2n) is 6.74. The van der Waals surface area contributed by atoms with E-state index in [-0.39, 0.29) is 44.0 Å². The quantitative estimate of drug-likeness (QED) is 0.417. The standard InChI is InChI=1S/C13H21.C9H7.2ClH.Ti/c1-2-3-4-5-6-7-10-13-11-8-9-12-13;1-2-5-9-7-3-6-8(9)4-1;;;/h8,11H,2-7,9-10H2,1H3;1-7H;2*1H;/q;;;;+2/p-2. The number of hydrogen-bond acceptors (Lipinski definition) is 0. The molecule has 0 radical (unpaired) electrons. The number of halogens is 2. The molecule has 2 aliphatic rings. The largest absolute Gasteiger partial charge is 1.00 e. The number of fused-ring (bicyclic) bond motifs is 1. The van der Waals surface area contributed by atoms with Crippen molar-refractivity contribution in [3.8, 4) is 0 Å². The van der Waals surface area contributed by atoms with Gasteiger partial charge in [-0.15, -0.1) is 0 Å². The first kappa shape index (κ1) is 22.8. The molecule has 1 atom stereocenters. The summed E-state index contributed by atoms with van der Waals surface area (Å²) in [6.07, 6.45) is 20.6. The summed E-state index contributed by atoms with van der Waals surface area (Å²) in [5, 5.41) is 0. The van der Waals surface area contributed by atoms with Gasteiger partial charge in [0, 0.05) is 0 Å². The van der Waals surface area contributed by atoms with Crippen molar-refractivity contribution >= 4 is 6.08 Å². The Morgan fingerprint density at radius 1 is 0.960 bits per heavy atom. The summed E-state index contributed by atoms with van der Waals surface area (Å²) in [5.74, 6) is 0. The van der Waals surface area contributed by atoms with E-state index in [2.05, 4.69) is 55.5 Å². The number of rotatable bonds is 9. The van der Waals surface area contributed by atoms with Crippen LogP contribution in [-0.4, -0.2) is 0 Å². The second kappa shape index (κ2) is 12.2. The van der Waals surface area contributed by atoms with Crippen molar-refractivity contribution in [1.29, 1.82) is 0 Å². The molecule has 0 bridgehead atoms. The van der Waals surface area contributed by atoms with Crippen LogP contribution < -0.4 is 24.8 Å². The minimum absolute atomic E-state index is 0. The fourth-order valence-electron chi connectivity index (χ4n) is 3.60. The van der Waals surface area contributed by atoms with Gasteiger partial charge in [-0.1, -0.05) is 0 Å². The van der Waals surface area contributed by atoms with Crippen LogP contribution in [0.2, 0.25) is 0 Å². The maximum atomic E-state index is 2.46. The first-order valence-corrected chi connectivity index (χ1v) is 11.0. The van der Waals surface area contributed by atoms with Gasteiger partial charge in [-0.25, -0.2) is 0 Å². The van der Waals surface area contributed by atoms with Gasteiger partial charge in [0.25, 0.3) is 0 Å². The monoisotopic (exact) mass is 410 g/mol. The smallest absolute Gasteiger partial charge is 1.00 e. The normalized spacial score (nSPS) is 17.1. The van der Waals surface area contributed by atoms with E-state index in [4.69, 9.17) is 0 Å². The molecule has 2 aliphatic carbocycles. The first-order valence-electron chi connectivity index (χ1n) is 9.30. The zero-order valence-electron chi connectivity index (χ0n) is 15.1. The average molecular weight is 411 g/mol. The third kappa shape index (κ3) is 6.44. The van der Waals surface area contributed by atoms with E-state index in [9.17, 15) is 0 Å². The summed E-state index contributed by atoms with van der Waals surface area (Å²) in [4.78, 5) is 0. The molecule has 0 N–H and O–H groups in total. The van der Waals surface area contributed by atoms with Crippen LogP contribution in [0.4, 0.5) is 0 Å². The van der Waals surface area contributed by atoms with Gasteiger partial charge in [0.1, 0.15) is 0 Å². The van der Waals surface area contributed by atoms with Gasteiger partial charge in [0.15, 0.2) is 0 Å². The van der Waals surface area contributed by atoms with Gasteiger partial charge < -0.3 is 24.8 Å². The van der Waals surface area contributed by atoms with Gasteiger partial charge >= 0.3 is 151 Å². The third-order valence-corrected chi connectivity index (χ3v) is 7.59. The van der Waals surface area contributed by atoms with E-state index in [0.29, 0.717) is 0 Å². The van der Waals surface area contributed by atoms with Crippen molar-refractivity contribution < 1.29 is 44.0 Å². The Bertz CT molecular complexity index is 616. The van der Waals surface area contributed by atoms with Gasteiger partial charge in [-0.05, 0) is 0 Å². The van der Waals surface area contributed by atoms with Crippen LogP contribution in [-0.2, 0) is 19.2 Å². The number of unbranched alkanes of at least 4 members (excludes halogenated alkanes) is 5. The molecule has 1 aromatic carbocycles. The zero-order chi connectivity index (χ0) is 15.9. The van der Waals surface area contributed by atoms with E-state index >= 15 is 0 Å². The topological polar surface area (TPSA) is 0 Å². The Balaban J connectivity index is 0.00000156. The van der Waals surface area contributed by atoms with Crippen molar-refractivity contribution in [1.82, 2.24) is 0 Å². The molecule has 134 valence electrons. The Morgan fingerprint density at radius 3 is 2.56 bits per heavy atom. The molecule has 0 heterocycles. The zero-order valence-corrected chi connectivity index (χ0v) is 18.2. The second-order valence-corrected chi connectivity index (χ2v) is 9.10. The van der Waals surface area contributed by atoms with Crippen molar-refractivity contribution in [3.63, 3.8) is 0 Å². The fraction of sp³-hybridized carbons (Fsp3) is 0.455. The maximum absolute atomic E-state index is 2.46. The maximum Gasteiger partial charge on any atom is -1.00 e. The molecule has 0 aliphatic heterocycles. The SMILES string of the molecule is CCCCCCCCC1=[C]([Ti+2][CH]2C=Cc3ccccc32)CC=C1.[Cl-].[Cl-]. The predicted molar refractivity (Wildman–Crippen MR) is 97.0 cm³/mol. The van der Waals surface area contributed by atoms with Crippen molar-refractivity contribution in [2.75, 3.05) is 0 Å². The summed E-state index contributed by atoms with van der Waals surface area (Å²) in [5.41, 5.74) is 4.72. The van der Waals surface area contributed by atoms with Crippen LogP contribution in [0.3, 0.4) is 0 Å². The summed E-state index contributed by atoms with van der Waals surface area (Å²) in [7, 11) is 0. The first-order chi connectivity index (χ1) is 11.4. The third-order valence-electron chi connectivity index (χ3n) is 4.96. The number of benzene rings is 1. The van der Waals surface area contributed by atoms with Gasteiger partial charge in [0.05, 0.1) is 0 Å². The number of allylic oxidation sites excluding steroid dienone is 5. The molecule has 3 heteroatoms. The summed E-state index contributed by atoms with van der Waals surface area (Å²) >= 11 is -0.0669. The molecule has 0 fully saturated rings. The van der Waals surface area contributed by atoms with Crippen LogP contribution >= 0.6 is 0 Å². The average Bonchev–Trinajstić information content (AvgIpc) is 3.19. The van der Waals surface area contributed by atoms with E-state index in [1.807, 2.05) is 3.88 Å². The minimum atomic E-state index is -0.0669. The molecule has 0 saturated carbocycles. The van der Waals surface area contributed by atoms with Crippen LogP contribution in [0.15, 0.2) is 51.9 Å². The van der Waals surface area contributed by atoms with E-state index in [0.717, 1.165) is 4.22 Å². The molecule has 0 amide bonds. The van der Waals surface area contributed by atoms with Gasteiger partial charge in [-0.3, -0.25) is 0 Å². The van der Waals surface area contributed by atoms with Crippen molar-refractivity contribution in [2.24, 2.45) is 0 Å². The van der Waals surface area contributed by atoms with E-state index < -0.39 is 0 Å². The van der Waals surface area contributed by atoms with Crippen LogP contribution in [0.25, 0.3) is 6.08 Å². The summed E-state index contributed by atoms with van der Waals surface area (Å²) in [6.45, 7) is 2.29. The van der Waals surface area contributed by atoms with Crippen molar-refractivity contribution in [2.45, 2.75) is 62.5 Å². The fourth-order valence-corrected chi connectivity index (χ4v) is 6.12. The Labute approximate surface area is 175 Å². The van der Waals surface area contributed by atoms with Crippen LogP contribution in [0, 0.1) is 0 Å². The van der Waals surface area contributed by atoms with Crippen LogP contribution in [0.5, 0.6) is 0 Å². The molecule has 1 unspecified atom stereocenters. The molecule has 0 nitrogen and oxygen atoms in total. The predicted octanol–water partition coefficient (Wildman–Crippen LogP) is 0.810. The molecular formula is C22H28Cl2Ti. The number of hydrogen-bond donors (Lipinski definition) is 0. The molecule has 25 heavy (non-hydrogen) atoms. The molecular weight excluding hydrogens is 383 g/mol. The summed E-state index contributed by atoms with van der Waals surface area (Å²) < 4.78 is 2.53. The Kier molecular flexibility index (Phi) is 11.1. The molecule has 0 aromatic heterocycles. The Hall–Kier alpha value is -0.266. The molecule has 1 aromatic rings. The van der Waals surface area contributed by atoms with E-state index in [1.54, 1.807) is 11.1 Å². The van der Waals surface area contributed by atoms with Crippen LogP contribution in [0.1, 0.15) is 73.6 Å². The summed E-state index contributed by atoms with van der Waals surface area (Å²) in [6, 6.07) is 8.95. The molecule has 0 spiro atoms. The van der Waals surface area contributed by atoms with Crippen molar-refractivity contribution in [3.05, 3.63) is 63.1 Å². The molecule has 3 rings (SSSR count). The van der Waals surface area contributed by atoms with Gasteiger partial charge in [0.2, 0.25) is 0 Å². The minimum Gasteiger partial charge on any atom is -1.00 e. The molecule has 0 saturated heterocycles. The van der Waals surface area contributed by atoms with Gasteiger partial charge in [-0.2, -0.15) is 0 Å². The van der Waals surface area contributed by atoms with E-state index in [1.165, 1.54) is 56.9 Å². The Morgan fingerprint density at radius 2 is 1.72 bits per heavy atom.